The summed E-state index contributed by atoms with van der Waals surface area (Å²) in [4.78, 5) is 14.1. The van der Waals surface area contributed by atoms with E-state index in [-0.39, 0.29) is 5.91 Å². The average molecular weight is 267 g/mol. The summed E-state index contributed by atoms with van der Waals surface area (Å²) in [5.41, 5.74) is 2.94. The molecule has 1 heterocycles. The number of anilines is 1. The molecule has 0 unspecified atom stereocenters. The lowest BCUT2D eigenvalue weighted by atomic mass is 10.1. The predicted octanol–water partition coefficient (Wildman–Crippen LogP) is 2.99. The minimum absolute atomic E-state index is 0.0382. The van der Waals surface area contributed by atoms with Gasteiger partial charge in [0.25, 0.3) is 0 Å². The molecular formula is C14H19ClN2O. The standard InChI is InChI=1S/C14H19ClN2O/c1-10-7-12(8-13(15)11(10)2)16-14(18)9-17-5-3-4-6-17/h7-8H,3-6,9H2,1-2H3,(H,16,18). The third-order valence-electron chi connectivity index (χ3n) is 3.45. The van der Waals surface area contributed by atoms with Crippen LogP contribution < -0.4 is 5.32 Å². The zero-order chi connectivity index (χ0) is 13.1. The molecule has 0 radical (unpaired) electrons. The Bertz CT molecular complexity index is 430. The first kappa shape index (κ1) is 13.4. The molecule has 1 saturated heterocycles. The van der Waals surface area contributed by atoms with Crippen molar-refractivity contribution in [2.45, 2.75) is 26.7 Å². The number of hydrogen-bond donors (Lipinski definition) is 1. The number of halogens is 1. The molecule has 0 aliphatic carbocycles. The number of nitrogens with zero attached hydrogens (tertiary/aromatic N) is 1. The van der Waals surface area contributed by atoms with Crippen LogP contribution in [0.25, 0.3) is 0 Å². The fourth-order valence-electron chi connectivity index (χ4n) is 2.23. The number of benzene rings is 1. The average Bonchev–Trinajstić information content (AvgIpc) is 2.78. The number of hydrogen-bond acceptors (Lipinski definition) is 2. The van der Waals surface area contributed by atoms with Gasteiger partial charge < -0.3 is 5.32 Å². The van der Waals surface area contributed by atoms with E-state index in [0.717, 1.165) is 29.9 Å². The molecule has 2 rings (SSSR count). The monoisotopic (exact) mass is 266 g/mol. The summed E-state index contributed by atoms with van der Waals surface area (Å²) < 4.78 is 0. The van der Waals surface area contributed by atoms with Gasteiger partial charge in [0.2, 0.25) is 5.91 Å². The van der Waals surface area contributed by atoms with E-state index in [1.54, 1.807) is 0 Å². The smallest absolute Gasteiger partial charge is 0.238 e. The number of aryl methyl sites for hydroxylation is 1. The summed E-state index contributed by atoms with van der Waals surface area (Å²) in [5.74, 6) is 0.0382. The number of likely N-dealkylation sites (tertiary alicyclic amines) is 1. The fraction of sp³-hybridized carbons (Fsp3) is 0.500. The minimum atomic E-state index is 0.0382. The number of carbonyl (C=O) groups excluding carboxylic acids is 1. The van der Waals surface area contributed by atoms with Crippen LogP contribution in [0.5, 0.6) is 0 Å². The molecule has 4 heteroatoms. The molecule has 0 aromatic heterocycles. The van der Waals surface area contributed by atoms with Gasteiger partial charge in [0.1, 0.15) is 0 Å². The molecule has 0 bridgehead atoms. The highest BCUT2D eigenvalue weighted by atomic mass is 35.5. The zero-order valence-electron chi connectivity index (χ0n) is 10.9. The Hall–Kier alpha value is -1.06. The van der Waals surface area contributed by atoms with E-state index in [1.807, 2.05) is 26.0 Å². The molecule has 1 aliphatic heterocycles. The van der Waals surface area contributed by atoms with E-state index < -0.39 is 0 Å². The van der Waals surface area contributed by atoms with E-state index in [1.165, 1.54) is 12.8 Å². The third-order valence-corrected chi connectivity index (χ3v) is 3.85. The van der Waals surface area contributed by atoms with Crippen LogP contribution in [-0.4, -0.2) is 30.4 Å². The molecule has 1 N–H and O–H groups in total. The number of nitrogens with one attached hydrogen (secondary N) is 1. The van der Waals surface area contributed by atoms with Crippen molar-refractivity contribution >= 4 is 23.2 Å². The summed E-state index contributed by atoms with van der Waals surface area (Å²) in [7, 11) is 0. The highest BCUT2D eigenvalue weighted by molar-refractivity contribution is 6.31. The van der Waals surface area contributed by atoms with E-state index in [9.17, 15) is 4.79 Å². The minimum Gasteiger partial charge on any atom is -0.325 e. The molecule has 0 saturated carbocycles. The van der Waals surface area contributed by atoms with Gasteiger partial charge in [-0.05, 0) is 63.0 Å². The van der Waals surface area contributed by atoms with Crippen LogP contribution >= 0.6 is 11.6 Å². The lowest BCUT2D eigenvalue weighted by molar-refractivity contribution is -0.117. The molecular weight excluding hydrogens is 248 g/mol. The number of amides is 1. The molecule has 1 fully saturated rings. The van der Waals surface area contributed by atoms with Crippen LogP contribution in [0.4, 0.5) is 5.69 Å². The van der Waals surface area contributed by atoms with Gasteiger partial charge >= 0.3 is 0 Å². The van der Waals surface area contributed by atoms with Crippen molar-refractivity contribution in [3.8, 4) is 0 Å². The Balaban J connectivity index is 1.98. The molecule has 1 aromatic rings. The van der Waals surface area contributed by atoms with Crippen LogP contribution in [0.1, 0.15) is 24.0 Å². The van der Waals surface area contributed by atoms with Gasteiger partial charge in [0, 0.05) is 10.7 Å². The Kier molecular flexibility index (Phi) is 4.25. The van der Waals surface area contributed by atoms with E-state index in [2.05, 4.69) is 10.2 Å². The first-order chi connectivity index (χ1) is 8.56. The van der Waals surface area contributed by atoms with Gasteiger partial charge in [-0.1, -0.05) is 11.6 Å². The first-order valence-corrected chi connectivity index (χ1v) is 6.73. The Labute approximate surface area is 113 Å². The van der Waals surface area contributed by atoms with Crippen molar-refractivity contribution in [3.63, 3.8) is 0 Å². The Morgan fingerprint density at radius 1 is 1.33 bits per heavy atom. The van der Waals surface area contributed by atoms with Crippen molar-refractivity contribution in [2.24, 2.45) is 0 Å². The van der Waals surface area contributed by atoms with Crippen molar-refractivity contribution in [2.75, 3.05) is 25.0 Å². The third kappa shape index (κ3) is 3.24. The van der Waals surface area contributed by atoms with Gasteiger partial charge in [-0.25, -0.2) is 0 Å². The van der Waals surface area contributed by atoms with Gasteiger partial charge in [-0.3, -0.25) is 9.69 Å². The van der Waals surface area contributed by atoms with Crippen LogP contribution in [-0.2, 0) is 4.79 Å². The van der Waals surface area contributed by atoms with Crippen molar-refractivity contribution in [1.29, 1.82) is 0 Å². The maximum Gasteiger partial charge on any atom is 0.238 e. The van der Waals surface area contributed by atoms with Gasteiger partial charge in [-0.15, -0.1) is 0 Å². The SMILES string of the molecule is Cc1cc(NC(=O)CN2CCCC2)cc(Cl)c1C. The summed E-state index contributed by atoms with van der Waals surface area (Å²) in [5, 5.41) is 3.61. The number of carbonyl (C=O) groups is 1. The van der Waals surface area contributed by atoms with E-state index in [4.69, 9.17) is 11.6 Å². The molecule has 1 aliphatic rings. The lowest BCUT2D eigenvalue weighted by Gasteiger charge is -2.15. The Morgan fingerprint density at radius 2 is 2.00 bits per heavy atom. The van der Waals surface area contributed by atoms with E-state index >= 15 is 0 Å². The van der Waals surface area contributed by atoms with Crippen LogP contribution in [0.15, 0.2) is 12.1 Å². The summed E-state index contributed by atoms with van der Waals surface area (Å²) in [6.07, 6.45) is 2.39. The van der Waals surface area contributed by atoms with Gasteiger partial charge in [0.15, 0.2) is 0 Å². The normalized spacial score (nSPS) is 15.9. The molecule has 98 valence electrons. The van der Waals surface area contributed by atoms with Crippen LogP contribution in [0, 0.1) is 13.8 Å². The van der Waals surface area contributed by atoms with Crippen LogP contribution in [0.2, 0.25) is 5.02 Å². The second-order valence-electron chi connectivity index (χ2n) is 4.93. The molecule has 3 nitrogen and oxygen atoms in total. The molecule has 1 aromatic carbocycles. The second-order valence-corrected chi connectivity index (χ2v) is 5.34. The first-order valence-electron chi connectivity index (χ1n) is 6.35. The van der Waals surface area contributed by atoms with Crippen molar-refractivity contribution in [3.05, 3.63) is 28.3 Å². The van der Waals surface area contributed by atoms with Crippen molar-refractivity contribution in [1.82, 2.24) is 4.90 Å². The second kappa shape index (κ2) is 5.72. The topological polar surface area (TPSA) is 32.3 Å². The summed E-state index contributed by atoms with van der Waals surface area (Å²) in [6, 6.07) is 3.77. The fourth-order valence-corrected chi connectivity index (χ4v) is 2.50. The lowest BCUT2D eigenvalue weighted by Crippen LogP contribution is -2.30. The quantitative estimate of drug-likeness (QED) is 0.912. The maximum absolute atomic E-state index is 11.9. The van der Waals surface area contributed by atoms with Crippen molar-refractivity contribution < 1.29 is 4.79 Å². The highest BCUT2D eigenvalue weighted by Gasteiger charge is 2.15. The highest BCUT2D eigenvalue weighted by Crippen LogP contribution is 2.24. The van der Waals surface area contributed by atoms with Gasteiger partial charge in [-0.2, -0.15) is 0 Å². The zero-order valence-corrected chi connectivity index (χ0v) is 11.7. The number of rotatable bonds is 3. The van der Waals surface area contributed by atoms with Gasteiger partial charge in [0.05, 0.1) is 6.54 Å². The summed E-state index contributed by atoms with van der Waals surface area (Å²) in [6.45, 7) is 6.51. The Morgan fingerprint density at radius 3 is 2.61 bits per heavy atom. The molecule has 18 heavy (non-hydrogen) atoms. The molecule has 0 spiro atoms. The van der Waals surface area contributed by atoms with Crippen LogP contribution in [0.3, 0.4) is 0 Å². The largest absolute Gasteiger partial charge is 0.325 e. The van der Waals surface area contributed by atoms with E-state index in [0.29, 0.717) is 11.6 Å². The molecule has 1 amide bonds. The maximum atomic E-state index is 11.9. The summed E-state index contributed by atoms with van der Waals surface area (Å²) >= 11 is 6.11. The predicted molar refractivity (Wildman–Crippen MR) is 75.2 cm³/mol. The molecule has 0 atom stereocenters.